The van der Waals surface area contributed by atoms with Gasteiger partial charge in [-0.25, -0.2) is 4.79 Å². The van der Waals surface area contributed by atoms with E-state index in [1.54, 1.807) is 52.0 Å². The molecule has 2 heterocycles. The third-order valence-corrected chi connectivity index (χ3v) is 4.24. The van der Waals surface area contributed by atoms with Gasteiger partial charge in [0.2, 0.25) is 11.8 Å². The first-order valence-electron chi connectivity index (χ1n) is 8.06. The minimum atomic E-state index is -1.69. The molecule has 0 aromatic heterocycles. The number of hydrogen-bond acceptors (Lipinski definition) is 6. The molecule has 3 N–H and O–H groups in total. The molecule has 0 radical (unpaired) electrons. The summed E-state index contributed by atoms with van der Waals surface area (Å²) in [5, 5.41) is 12.4. The standard InChI is InChI=1S/C19H19N3O4/c1-10-14(16(23)26-18(2,3)4)19(17(24)22-10)11-7-5-6-8-13(11)25-15(21)12(19)9-20/h5-8H,21H2,1-4H3,(H,22,24)/t19-/m1/s1. The van der Waals surface area contributed by atoms with Crippen molar-refractivity contribution in [3.8, 4) is 11.8 Å². The van der Waals surface area contributed by atoms with Crippen molar-refractivity contribution in [1.82, 2.24) is 5.32 Å². The lowest BCUT2D eigenvalue weighted by Gasteiger charge is -2.35. The smallest absolute Gasteiger partial charge is 0.338 e. The van der Waals surface area contributed by atoms with Gasteiger partial charge in [0.1, 0.15) is 23.0 Å². The molecule has 26 heavy (non-hydrogen) atoms. The fourth-order valence-electron chi connectivity index (χ4n) is 3.35. The first-order chi connectivity index (χ1) is 12.1. The number of nitriles is 1. The highest BCUT2D eigenvalue weighted by molar-refractivity contribution is 6.12. The number of hydrogen-bond donors (Lipinski definition) is 2. The van der Waals surface area contributed by atoms with Crippen LogP contribution in [0.25, 0.3) is 0 Å². The predicted octanol–water partition coefficient (Wildman–Crippen LogP) is 1.76. The zero-order chi connectivity index (χ0) is 19.3. The Balaban J connectivity index is 2.34. The number of carbonyl (C=O) groups excluding carboxylic acids is 2. The molecule has 0 saturated heterocycles. The van der Waals surface area contributed by atoms with Gasteiger partial charge in [-0.2, -0.15) is 5.26 Å². The molecule has 7 nitrogen and oxygen atoms in total. The number of ether oxygens (including phenoxy) is 2. The molecule has 1 aromatic rings. The Morgan fingerprint density at radius 1 is 1.35 bits per heavy atom. The normalized spacial score (nSPS) is 21.9. The molecular weight excluding hydrogens is 334 g/mol. The average molecular weight is 353 g/mol. The molecule has 2 aliphatic rings. The quantitative estimate of drug-likeness (QED) is 0.744. The second-order valence-corrected chi connectivity index (χ2v) is 7.16. The van der Waals surface area contributed by atoms with Gasteiger partial charge >= 0.3 is 5.97 Å². The summed E-state index contributed by atoms with van der Waals surface area (Å²) in [5.41, 5.74) is 4.08. The molecule has 3 rings (SSSR count). The Morgan fingerprint density at radius 2 is 2.00 bits per heavy atom. The van der Waals surface area contributed by atoms with E-state index in [1.807, 2.05) is 6.07 Å². The predicted molar refractivity (Wildman–Crippen MR) is 92.3 cm³/mol. The van der Waals surface area contributed by atoms with Gasteiger partial charge < -0.3 is 20.5 Å². The van der Waals surface area contributed by atoms with E-state index in [0.29, 0.717) is 17.0 Å². The molecule has 0 bridgehead atoms. The number of nitrogens with one attached hydrogen (secondary N) is 1. The van der Waals surface area contributed by atoms with E-state index in [-0.39, 0.29) is 17.0 Å². The van der Waals surface area contributed by atoms with Crippen LogP contribution in [0.4, 0.5) is 0 Å². The van der Waals surface area contributed by atoms with Crippen LogP contribution in [0.1, 0.15) is 33.3 Å². The lowest BCUT2D eigenvalue weighted by Crippen LogP contribution is -2.46. The van der Waals surface area contributed by atoms with Gasteiger partial charge in [-0.1, -0.05) is 18.2 Å². The van der Waals surface area contributed by atoms with Gasteiger partial charge in [0.15, 0.2) is 5.41 Å². The van der Waals surface area contributed by atoms with Crippen LogP contribution in [0, 0.1) is 11.3 Å². The number of benzene rings is 1. The number of rotatable bonds is 1. The summed E-state index contributed by atoms with van der Waals surface area (Å²) in [6.45, 7) is 6.77. The molecule has 134 valence electrons. The van der Waals surface area contributed by atoms with E-state index in [4.69, 9.17) is 15.2 Å². The van der Waals surface area contributed by atoms with Crippen molar-refractivity contribution in [3.05, 3.63) is 52.6 Å². The monoisotopic (exact) mass is 353 g/mol. The van der Waals surface area contributed by atoms with Crippen LogP contribution in [0.15, 0.2) is 47.0 Å². The van der Waals surface area contributed by atoms with Crippen molar-refractivity contribution in [1.29, 1.82) is 5.26 Å². The molecule has 0 unspecified atom stereocenters. The number of amides is 1. The van der Waals surface area contributed by atoms with Gasteiger partial charge in [0.05, 0.1) is 5.57 Å². The van der Waals surface area contributed by atoms with Gasteiger partial charge in [0, 0.05) is 11.3 Å². The maximum absolute atomic E-state index is 13.1. The summed E-state index contributed by atoms with van der Waals surface area (Å²) < 4.78 is 11.0. The van der Waals surface area contributed by atoms with Crippen LogP contribution in [0.2, 0.25) is 0 Å². The second kappa shape index (κ2) is 5.63. The molecule has 7 heteroatoms. The summed E-state index contributed by atoms with van der Waals surface area (Å²) in [5.74, 6) is -1.12. The summed E-state index contributed by atoms with van der Waals surface area (Å²) in [7, 11) is 0. The number of carbonyl (C=O) groups is 2. The molecule has 0 fully saturated rings. The Kier molecular flexibility index (Phi) is 3.80. The van der Waals surface area contributed by atoms with Crippen molar-refractivity contribution in [3.63, 3.8) is 0 Å². The highest BCUT2D eigenvalue weighted by atomic mass is 16.6. The van der Waals surface area contributed by atoms with E-state index in [2.05, 4.69) is 5.32 Å². The molecule has 1 aromatic carbocycles. The second-order valence-electron chi connectivity index (χ2n) is 7.16. The van der Waals surface area contributed by atoms with Crippen LogP contribution in [0.3, 0.4) is 0 Å². The summed E-state index contributed by atoms with van der Waals surface area (Å²) >= 11 is 0. The summed E-state index contributed by atoms with van der Waals surface area (Å²) in [6, 6.07) is 8.64. The van der Waals surface area contributed by atoms with Crippen LogP contribution in [-0.2, 0) is 19.7 Å². The van der Waals surface area contributed by atoms with Crippen LogP contribution < -0.4 is 15.8 Å². The van der Waals surface area contributed by atoms with E-state index in [1.165, 1.54) is 0 Å². The first-order valence-corrected chi connectivity index (χ1v) is 8.06. The number of nitrogens with zero attached hydrogens (tertiary/aromatic N) is 1. The molecule has 1 spiro atoms. The van der Waals surface area contributed by atoms with Crippen molar-refractivity contribution < 1.29 is 19.1 Å². The van der Waals surface area contributed by atoms with Crippen LogP contribution in [0.5, 0.6) is 5.75 Å². The maximum Gasteiger partial charge on any atom is 0.338 e. The molecule has 0 saturated carbocycles. The Morgan fingerprint density at radius 3 is 2.62 bits per heavy atom. The van der Waals surface area contributed by atoms with Crippen molar-refractivity contribution >= 4 is 11.9 Å². The fourth-order valence-corrected chi connectivity index (χ4v) is 3.35. The maximum atomic E-state index is 13.1. The highest BCUT2D eigenvalue weighted by Gasteiger charge is 2.60. The Bertz CT molecular complexity index is 931. The molecular formula is C19H19N3O4. The fraction of sp³-hybridized carbons (Fsp3) is 0.316. The molecule has 0 aliphatic carbocycles. The van der Waals surface area contributed by atoms with E-state index in [0.717, 1.165) is 0 Å². The Hall–Kier alpha value is -3.27. The Labute approximate surface area is 151 Å². The van der Waals surface area contributed by atoms with Crippen molar-refractivity contribution in [2.24, 2.45) is 5.73 Å². The molecule has 1 atom stereocenters. The SMILES string of the molecule is CC1=C(C(=O)OC(C)(C)C)[C@]2(C(=O)N1)C(C#N)=C(N)Oc1ccccc12. The third kappa shape index (κ3) is 2.34. The van der Waals surface area contributed by atoms with E-state index >= 15 is 0 Å². The number of para-hydroxylation sites is 1. The topological polar surface area (TPSA) is 114 Å². The largest absolute Gasteiger partial charge is 0.457 e. The third-order valence-electron chi connectivity index (χ3n) is 4.24. The van der Waals surface area contributed by atoms with Gasteiger partial charge in [0.25, 0.3) is 0 Å². The number of fused-ring (bicyclic) bond motifs is 2. The van der Waals surface area contributed by atoms with Crippen molar-refractivity contribution in [2.45, 2.75) is 38.7 Å². The number of allylic oxidation sites excluding steroid dienone is 1. The lowest BCUT2D eigenvalue weighted by atomic mass is 9.68. The average Bonchev–Trinajstić information content (AvgIpc) is 2.77. The van der Waals surface area contributed by atoms with Crippen LogP contribution in [-0.4, -0.2) is 17.5 Å². The minimum absolute atomic E-state index is 0.0488. The molecule has 1 amide bonds. The van der Waals surface area contributed by atoms with Gasteiger partial charge in [-0.05, 0) is 33.8 Å². The van der Waals surface area contributed by atoms with Crippen molar-refractivity contribution in [2.75, 3.05) is 0 Å². The first kappa shape index (κ1) is 17.5. The van der Waals surface area contributed by atoms with E-state index in [9.17, 15) is 14.9 Å². The van der Waals surface area contributed by atoms with Gasteiger partial charge in [-0.3, -0.25) is 4.79 Å². The lowest BCUT2D eigenvalue weighted by molar-refractivity contribution is -0.151. The summed E-state index contributed by atoms with van der Waals surface area (Å²) in [4.78, 5) is 26.0. The number of nitrogens with two attached hydrogens (primary N) is 1. The highest BCUT2D eigenvalue weighted by Crippen LogP contribution is 2.51. The molecule has 2 aliphatic heterocycles. The van der Waals surface area contributed by atoms with Gasteiger partial charge in [-0.15, -0.1) is 0 Å². The minimum Gasteiger partial charge on any atom is -0.457 e. The zero-order valence-corrected chi connectivity index (χ0v) is 15.0. The van der Waals surface area contributed by atoms with Crippen LogP contribution >= 0.6 is 0 Å². The summed E-state index contributed by atoms with van der Waals surface area (Å²) in [6.07, 6.45) is 0. The number of esters is 1. The zero-order valence-electron chi connectivity index (χ0n) is 15.0. The van der Waals surface area contributed by atoms with E-state index < -0.39 is 22.9 Å².